The molecule has 1 saturated heterocycles. The summed E-state index contributed by atoms with van der Waals surface area (Å²) in [5.74, 6) is 1.05. The predicted molar refractivity (Wildman–Crippen MR) is 77.0 cm³/mol. The Balaban J connectivity index is 0.00000144. The van der Waals surface area contributed by atoms with E-state index in [2.05, 4.69) is 17.3 Å². The zero-order valence-electron chi connectivity index (χ0n) is 11.3. The third-order valence-electron chi connectivity index (χ3n) is 4.57. The topological polar surface area (TPSA) is 15.3 Å². The summed E-state index contributed by atoms with van der Waals surface area (Å²) >= 11 is 0. The minimum Gasteiger partial charge on any atom is -0.317 e. The van der Waals surface area contributed by atoms with Gasteiger partial charge in [-0.15, -0.1) is 12.4 Å². The van der Waals surface area contributed by atoms with Gasteiger partial charge in [0.2, 0.25) is 0 Å². The van der Waals surface area contributed by atoms with Gasteiger partial charge in [-0.2, -0.15) is 0 Å². The van der Waals surface area contributed by atoms with Crippen LogP contribution in [0.2, 0.25) is 0 Å². The summed E-state index contributed by atoms with van der Waals surface area (Å²) in [4.78, 5) is 2.68. The molecule has 0 unspecified atom stereocenters. The highest BCUT2D eigenvalue weighted by atomic mass is 35.5. The summed E-state index contributed by atoms with van der Waals surface area (Å²) in [6, 6.07) is 0.783. The lowest BCUT2D eigenvalue weighted by Crippen LogP contribution is -2.41. The van der Waals surface area contributed by atoms with Crippen molar-refractivity contribution in [3.05, 3.63) is 0 Å². The van der Waals surface area contributed by atoms with Gasteiger partial charge in [-0.1, -0.05) is 32.1 Å². The minimum atomic E-state index is 0. The molecule has 1 aliphatic heterocycles. The van der Waals surface area contributed by atoms with E-state index in [4.69, 9.17) is 0 Å². The zero-order chi connectivity index (χ0) is 11.2. The maximum Gasteiger partial charge on any atom is 0.00884 e. The number of piperidine rings is 1. The minimum absolute atomic E-state index is 0. The Morgan fingerprint density at radius 1 is 1.00 bits per heavy atom. The summed E-state index contributed by atoms with van der Waals surface area (Å²) < 4.78 is 0. The Morgan fingerprint density at radius 2 is 1.65 bits per heavy atom. The van der Waals surface area contributed by atoms with Gasteiger partial charge in [-0.3, -0.25) is 0 Å². The molecule has 1 aliphatic carbocycles. The number of halogens is 1. The summed E-state index contributed by atoms with van der Waals surface area (Å²) in [7, 11) is 2.10. The largest absolute Gasteiger partial charge is 0.317 e. The van der Waals surface area contributed by atoms with Crippen molar-refractivity contribution in [2.45, 2.75) is 57.4 Å². The van der Waals surface area contributed by atoms with Gasteiger partial charge in [0.1, 0.15) is 0 Å². The highest BCUT2D eigenvalue weighted by molar-refractivity contribution is 5.85. The fraction of sp³-hybridized carbons (Fsp3) is 1.00. The highest BCUT2D eigenvalue weighted by Gasteiger charge is 2.19. The molecule has 0 radical (unpaired) electrons. The normalized spacial score (nSPS) is 24.5. The molecule has 0 amide bonds. The third-order valence-corrected chi connectivity index (χ3v) is 4.57. The number of hydrogen-bond acceptors (Lipinski definition) is 2. The van der Waals surface area contributed by atoms with Gasteiger partial charge in [0.05, 0.1) is 0 Å². The SMILES string of the molecule is CNC1CCN(CCC2CCCCC2)CC1.Cl. The molecule has 1 heterocycles. The van der Waals surface area contributed by atoms with Crippen LogP contribution in [0.3, 0.4) is 0 Å². The van der Waals surface area contributed by atoms with E-state index in [0.717, 1.165) is 12.0 Å². The molecule has 0 aromatic rings. The van der Waals surface area contributed by atoms with Crippen molar-refractivity contribution >= 4 is 12.4 Å². The van der Waals surface area contributed by atoms with Crippen LogP contribution in [0.5, 0.6) is 0 Å². The van der Waals surface area contributed by atoms with Crippen molar-refractivity contribution in [1.82, 2.24) is 10.2 Å². The highest BCUT2D eigenvalue weighted by Crippen LogP contribution is 2.26. The van der Waals surface area contributed by atoms with Gasteiger partial charge in [-0.25, -0.2) is 0 Å². The lowest BCUT2D eigenvalue weighted by atomic mass is 9.87. The second kappa shape index (κ2) is 8.34. The van der Waals surface area contributed by atoms with E-state index in [1.165, 1.54) is 71.0 Å². The van der Waals surface area contributed by atoms with E-state index in [-0.39, 0.29) is 12.4 Å². The summed E-state index contributed by atoms with van der Waals surface area (Å²) in [5.41, 5.74) is 0. The van der Waals surface area contributed by atoms with Crippen molar-refractivity contribution in [2.24, 2.45) is 5.92 Å². The first-order valence-electron chi connectivity index (χ1n) is 7.28. The summed E-state index contributed by atoms with van der Waals surface area (Å²) in [6.07, 6.45) is 11.6. The van der Waals surface area contributed by atoms with E-state index in [0.29, 0.717) is 0 Å². The van der Waals surface area contributed by atoms with Gasteiger partial charge in [0.25, 0.3) is 0 Å². The first-order valence-corrected chi connectivity index (χ1v) is 7.28. The molecule has 1 saturated carbocycles. The van der Waals surface area contributed by atoms with Crippen LogP contribution in [0, 0.1) is 5.92 Å². The Labute approximate surface area is 113 Å². The molecule has 0 spiro atoms. The standard InChI is InChI=1S/C14H28N2.ClH/c1-15-14-8-11-16(12-9-14)10-7-13-5-3-2-4-6-13;/h13-15H,2-12H2,1H3;1H. The maximum atomic E-state index is 3.40. The van der Waals surface area contributed by atoms with Crippen LogP contribution in [0.15, 0.2) is 0 Å². The Morgan fingerprint density at radius 3 is 2.24 bits per heavy atom. The van der Waals surface area contributed by atoms with Crippen LogP contribution < -0.4 is 5.32 Å². The van der Waals surface area contributed by atoms with Crippen molar-refractivity contribution in [3.63, 3.8) is 0 Å². The molecule has 2 nitrogen and oxygen atoms in total. The molecule has 0 atom stereocenters. The molecule has 0 bridgehead atoms. The third kappa shape index (κ3) is 5.15. The Hall–Kier alpha value is 0.210. The van der Waals surface area contributed by atoms with Gasteiger partial charge >= 0.3 is 0 Å². The Bertz CT molecular complexity index is 185. The lowest BCUT2D eigenvalue weighted by Gasteiger charge is -2.33. The van der Waals surface area contributed by atoms with Crippen LogP contribution in [0.4, 0.5) is 0 Å². The first-order chi connectivity index (χ1) is 7.88. The molecule has 0 aromatic heterocycles. The maximum absolute atomic E-state index is 3.40. The number of nitrogens with one attached hydrogen (secondary N) is 1. The molecule has 3 heteroatoms. The van der Waals surface area contributed by atoms with Crippen LogP contribution >= 0.6 is 12.4 Å². The van der Waals surface area contributed by atoms with E-state index in [1.807, 2.05) is 0 Å². The second-order valence-corrected chi connectivity index (χ2v) is 5.70. The zero-order valence-corrected chi connectivity index (χ0v) is 12.1. The van der Waals surface area contributed by atoms with Crippen molar-refractivity contribution in [3.8, 4) is 0 Å². The van der Waals surface area contributed by atoms with Crippen molar-refractivity contribution in [1.29, 1.82) is 0 Å². The molecule has 2 rings (SSSR count). The van der Waals surface area contributed by atoms with Crippen molar-refractivity contribution < 1.29 is 0 Å². The molecular formula is C14H29ClN2. The van der Waals surface area contributed by atoms with E-state index < -0.39 is 0 Å². The number of rotatable bonds is 4. The molecule has 17 heavy (non-hydrogen) atoms. The second-order valence-electron chi connectivity index (χ2n) is 5.70. The number of likely N-dealkylation sites (tertiary alicyclic amines) is 1. The fourth-order valence-electron chi connectivity index (χ4n) is 3.29. The quantitative estimate of drug-likeness (QED) is 0.836. The smallest absolute Gasteiger partial charge is 0.00884 e. The van der Waals surface area contributed by atoms with E-state index in [1.54, 1.807) is 0 Å². The number of hydrogen-bond donors (Lipinski definition) is 1. The average molecular weight is 261 g/mol. The Kier molecular flexibility index (Phi) is 7.49. The molecule has 1 N–H and O–H groups in total. The van der Waals surface area contributed by atoms with Gasteiger partial charge in [0.15, 0.2) is 0 Å². The van der Waals surface area contributed by atoms with E-state index >= 15 is 0 Å². The van der Waals surface area contributed by atoms with Gasteiger partial charge in [0, 0.05) is 6.04 Å². The molecule has 2 aliphatic rings. The van der Waals surface area contributed by atoms with Crippen LogP contribution in [-0.4, -0.2) is 37.6 Å². The van der Waals surface area contributed by atoms with Crippen LogP contribution in [-0.2, 0) is 0 Å². The fourth-order valence-corrected chi connectivity index (χ4v) is 3.29. The number of nitrogens with zero attached hydrogens (tertiary/aromatic N) is 1. The van der Waals surface area contributed by atoms with Gasteiger partial charge < -0.3 is 10.2 Å². The molecule has 2 fully saturated rings. The molecular weight excluding hydrogens is 232 g/mol. The van der Waals surface area contributed by atoms with Crippen LogP contribution in [0.1, 0.15) is 51.4 Å². The average Bonchev–Trinajstić information content (AvgIpc) is 2.38. The van der Waals surface area contributed by atoms with E-state index in [9.17, 15) is 0 Å². The molecule has 102 valence electrons. The first kappa shape index (κ1) is 15.3. The predicted octanol–water partition coefficient (Wildman–Crippen LogP) is 3.06. The summed E-state index contributed by atoms with van der Waals surface area (Å²) in [6.45, 7) is 4.00. The van der Waals surface area contributed by atoms with Gasteiger partial charge in [-0.05, 0) is 51.9 Å². The van der Waals surface area contributed by atoms with Crippen LogP contribution in [0.25, 0.3) is 0 Å². The molecule has 0 aromatic carbocycles. The monoisotopic (exact) mass is 260 g/mol. The summed E-state index contributed by atoms with van der Waals surface area (Å²) in [5, 5.41) is 3.40. The van der Waals surface area contributed by atoms with Crippen molar-refractivity contribution in [2.75, 3.05) is 26.7 Å². The lowest BCUT2D eigenvalue weighted by molar-refractivity contribution is 0.181.